The molecule has 1 saturated heterocycles. The Hall–Kier alpha value is -0.720. The molecule has 1 fully saturated rings. The summed E-state index contributed by atoms with van der Waals surface area (Å²) in [6, 6.07) is 2.90. The molecular formula is C11H13ClF2N2OS. The third kappa shape index (κ3) is 3.63. The minimum absolute atomic E-state index is 0.366. The standard InChI is InChI=1S/C11H13ClF2N2OS/c12-9-2-1-7(18-9)3-4-15-10(17)8-5-11(13,14)6-16-8/h1-2,8,16H,3-6H2,(H,15,17). The van der Waals surface area contributed by atoms with Crippen molar-refractivity contribution in [2.75, 3.05) is 13.1 Å². The summed E-state index contributed by atoms with van der Waals surface area (Å²) in [6.45, 7) is 0.00501. The van der Waals surface area contributed by atoms with Gasteiger partial charge in [-0.1, -0.05) is 11.6 Å². The van der Waals surface area contributed by atoms with E-state index in [4.69, 9.17) is 11.6 Å². The van der Waals surface area contributed by atoms with Gasteiger partial charge in [-0.15, -0.1) is 11.3 Å². The fraction of sp³-hybridized carbons (Fsp3) is 0.545. The van der Waals surface area contributed by atoms with Crippen LogP contribution in [0.2, 0.25) is 4.34 Å². The van der Waals surface area contributed by atoms with Gasteiger partial charge in [-0.25, -0.2) is 8.78 Å². The Morgan fingerprint density at radius 3 is 2.94 bits per heavy atom. The highest BCUT2D eigenvalue weighted by Crippen LogP contribution is 2.25. The minimum Gasteiger partial charge on any atom is -0.354 e. The van der Waals surface area contributed by atoms with Crippen molar-refractivity contribution in [1.82, 2.24) is 10.6 Å². The van der Waals surface area contributed by atoms with E-state index in [1.54, 1.807) is 6.07 Å². The quantitative estimate of drug-likeness (QED) is 0.892. The predicted molar refractivity (Wildman–Crippen MR) is 67.4 cm³/mol. The number of thiophene rings is 1. The number of carbonyl (C=O) groups excluding carboxylic acids is 1. The molecule has 1 aliphatic rings. The number of nitrogens with one attached hydrogen (secondary N) is 2. The maximum atomic E-state index is 12.9. The van der Waals surface area contributed by atoms with E-state index in [9.17, 15) is 13.6 Å². The number of rotatable bonds is 4. The van der Waals surface area contributed by atoms with Crippen LogP contribution in [0.5, 0.6) is 0 Å². The molecule has 0 bridgehead atoms. The molecule has 100 valence electrons. The van der Waals surface area contributed by atoms with E-state index in [1.807, 2.05) is 6.07 Å². The third-order valence-corrected chi connectivity index (χ3v) is 4.02. The highest BCUT2D eigenvalue weighted by atomic mass is 35.5. The van der Waals surface area contributed by atoms with E-state index in [0.717, 1.165) is 4.88 Å². The van der Waals surface area contributed by atoms with E-state index in [2.05, 4.69) is 10.6 Å². The van der Waals surface area contributed by atoms with Gasteiger partial charge in [-0.05, 0) is 18.6 Å². The molecule has 18 heavy (non-hydrogen) atoms. The zero-order chi connectivity index (χ0) is 13.2. The van der Waals surface area contributed by atoms with Crippen LogP contribution in [0.25, 0.3) is 0 Å². The largest absolute Gasteiger partial charge is 0.354 e. The lowest BCUT2D eigenvalue weighted by Crippen LogP contribution is -2.41. The van der Waals surface area contributed by atoms with E-state index < -0.39 is 24.9 Å². The first-order chi connectivity index (χ1) is 8.46. The van der Waals surface area contributed by atoms with E-state index in [-0.39, 0.29) is 5.91 Å². The monoisotopic (exact) mass is 294 g/mol. The summed E-state index contributed by atoms with van der Waals surface area (Å²) in [4.78, 5) is 12.7. The van der Waals surface area contributed by atoms with E-state index >= 15 is 0 Å². The molecule has 1 amide bonds. The van der Waals surface area contributed by atoms with E-state index in [0.29, 0.717) is 17.3 Å². The molecule has 2 rings (SSSR count). The lowest BCUT2D eigenvalue weighted by atomic mass is 10.2. The molecule has 1 aromatic heterocycles. The summed E-state index contributed by atoms with van der Waals surface area (Å²) in [6.07, 6.45) is 0.232. The zero-order valence-electron chi connectivity index (χ0n) is 9.51. The van der Waals surface area contributed by atoms with Crippen molar-refractivity contribution in [3.63, 3.8) is 0 Å². The second kappa shape index (κ2) is 5.50. The summed E-state index contributed by atoms with van der Waals surface area (Å²) in [7, 11) is 0. The molecule has 0 aromatic carbocycles. The van der Waals surface area contributed by atoms with Gasteiger partial charge in [0.1, 0.15) is 0 Å². The number of amides is 1. The van der Waals surface area contributed by atoms with Crippen molar-refractivity contribution >= 4 is 28.8 Å². The molecule has 2 heterocycles. The van der Waals surface area contributed by atoms with E-state index in [1.165, 1.54) is 11.3 Å². The minimum atomic E-state index is -2.77. The first-order valence-electron chi connectivity index (χ1n) is 5.59. The van der Waals surface area contributed by atoms with Gasteiger partial charge >= 0.3 is 0 Å². The van der Waals surface area contributed by atoms with Crippen LogP contribution >= 0.6 is 22.9 Å². The molecule has 1 unspecified atom stereocenters. The van der Waals surface area contributed by atoms with Crippen molar-refractivity contribution in [2.24, 2.45) is 0 Å². The van der Waals surface area contributed by atoms with Crippen LogP contribution in [-0.2, 0) is 11.2 Å². The van der Waals surface area contributed by atoms with Gasteiger partial charge in [0.2, 0.25) is 5.91 Å². The molecule has 0 spiro atoms. The normalized spacial score (nSPS) is 22.1. The molecule has 2 N–H and O–H groups in total. The summed E-state index contributed by atoms with van der Waals surface area (Å²) in [5, 5.41) is 5.17. The predicted octanol–water partition coefficient (Wildman–Crippen LogP) is 2.06. The van der Waals surface area contributed by atoms with Crippen LogP contribution in [0, 0.1) is 0 Å². The van der Waals surface area contributed by atoms with Gasteiger partial charge in [0.05, 0.1) is 16.9 Å². The smallest absolute Gasteiger partial charge is 0.262 e. The Labute approximate surface area is 113 Å². The van der Waals surface area contributed by atoms with Gasteiger partial charge in [0.15, 0.2) is 0 Å². The highest BCUT2D eigenvalue weighted by molar-refractivity contribution is 7.16. The summed E-state index contributed by atoms with van der Waals surface area (Å²) in [5.41, 5.74) is 0. The molecule has 1 aliphatic heterocycles. The highest BCUT2D eigenvalue weighted by Gasteiger charge is 2.42. The van der Waals surface area contributed by atoms with Crippen LogP contribution < -0.4 is 10.6 Å². The maximum Gasteiger partial charge on any atom is 0.262 e. The number of carbonyl (C=O) groups is 1. The summed E-state index contributed by atoms with van der Waals surface area (Å²) in [5.74, 6) is -3.14. The van der Waals surface area contributed by atoms with Gasteiger partial charge in [0, 0.05) is 17.8 Å². The summed E-state index contributed by atoms with van der Waals surface area (Å²) >= 11 is 7.22. The fourth-order valence-corrected chi connectivity index (χ4v) is 2.91. The van der Waals surface area contributed by atoms with Crippen LogP contribution in [0.4, 0.5) is 8.78 Å². The number of hydrogen-bond acceptors (Lipinski definition) is 3. The van der Waals surface area contributed by atoms with Crippen LogP contribution in [-0.4, -0.2) is 31.0 Å². The van der Waals surface area contributed by atoms with Crippen molar-refractivity contribution < 1.29 is 13.6 Å². The number of alkyl halides is 2. The van der Waals surface area contributed by atoms with Gasteiger partial charge in [0.25, 0.3) is 5.92 Å². The van der Waals surface area contributed by atoms with Gasteiger partial charge in [-0.2, -0.15) is 0 Å². The Bertz CT molecular complexity index is 438. The number of hydrogen-bond donors (Lipinski definition) is 2. The van der Waals surface area contributed by atoms with Crippen molar-refractivity contribution in [2.45, 2.75) is 24.8 Å². The second-order valence-corrected chi connectivity index (χ2v) is 6.04. The zero-order valence-corrected chi connectivity index (χ0v) is 11.1. The van der Waals surface area contributed by atoms with Crippen molar-refractivity contribution in [3.8, 4) is 0 Å². The second-order valence-electron chi connectivity index (χ2n) is 4.24. The lowest BCUT2D eigenvalue weighted by Gasteiger charge is -2.10. The number of halogens is 3. The topological polar surface area (TPSA) is 41.1 Å². The molecule has 1 atom stereocenters. The SMILES string of the molecule is O=C(NCCc1ccc(Cl)s1)C1CC(F)(F)CN1. The third-order valence-electron chi connectivity index (χ3n) is 2.73. The molecule has 0 aliphatic carbocycles. The fourth-order valence-electron chi connectivity index (χ4n) is 1.82. The molecule has 1 aromatic rings. The Balaban J connectivity index is 1.72. The van der Waals surface area contributed by atoms with Crippen molar-refractivity contribution in [1.29, 1.82) is 0 Å². The molecule has 3 nitrogen and oxygen atoms in total. The Kier molecular flexibility index (Phi) is 4.19. The lowest BCUT2D eigenvalue weighted by molar-refractivity contribution is -0.123. The van der Waals surface area contributed by atoms with Crippen LogP contribution in [0.1, 0.15) is 11.3 Å². The van der Waals surface area contributed by atoms with Crippen LogP contribution in [0.3, 0.4) is 0 Å². The first kappa shape index (κ1) is 13.7. The van der Waals surface area contributed by atoms with Gasteiger partial charge in [-0.3, -0.25) is 10.1 Å². The molecule has 7 heteroatoms. The average Bonchev–Trinajstić information content (AvgIpc) is 2.85. The molecule has 0 saturated carbocycles. The van der Waals surface area contributed by atoms with Gasteiger partial charge < -0.3 is 5.32 Å². The maximum absolute atomic E-state index is 12.9. The van der Waals surface area contributed by atoms with Crippen LogP contribution in [0.15, 0.2) is 12.1 Å². The summed E-state index contributed by atoms with van der Waals surface area (Å²) < 4.78 is 26.5. The average molecular weight is 295 g/mol. The van der Waals surface area contributed by atoms with Crippen molar-refractivity contribution in [3.05, 3.63) is 21.3 Å². The molecular weight excluding hydrogens is 282 g/mol. The first-order valence-corrected chi connectivity index (χ1v) is 6.79. The Morgan fingerprint density at radius 1 is 1.61 bits per heavy atom. The molecule has 0 radical (unpaired) electrons. The Morgan fingerprint density at radius 2 is 2.39 bits per heavy atom.